The highest BCUT2D eigenvalue weighted by Crippen LogP contribution is 2.34. The van der Waals surface area contributed by atoms with E-state index in [1.165, 1.54) is 0 Å². The maximum absolute atomic E-state index is 12.8. The summed E-state index contributed by atoms with van der Waals surface area (Å²) < 4.78 is 1.80. The summed E-state index contributed by atoms with van der Waals surface area (Å²) in [6.45, 7) is 7.84. The summed E-state index contributed by atoms with van der Waals surface area (Å²) in [6.07, 6.45) is 8.60. The smallest absolute Gasteiger partial charge is 0.271 e. The molecule has 198 valence electrons. The van der Waals surface area contributed by atoms with Gasteiger partial charge in [-0.25, -0.2) is 14.5 Å². The second kappa shape index (κ2) is 9.86. The van der Waals surface area contributed by atoms with Gasteiger partial charge in [0.25, 0.3) is 5.91 Å². The molecule has 0 aliphatic carbocycles. The van der Waals surface area contributed by atoms with E-state index in [4.69, 9.17) is 16.6 Å². The summed E-state index contributed by atoms with van der Waals surface area (Å²) in [4.78, 5) is 26.3. The van der Waals surface area contributed by atoms with Gasteiger partial charge >= 0.3 is 0 Å². The summed E-state index contributed by atoms with van der Waals surface area (Å²) in [6, 6.07) is 11.9. The zero-order valence-electron chi connectivity index (χ0n) is 21.9. The van der Waals surface area contributed by atoms with Crippen molar-refractivity contribution in [3.05, 3.63) is 71.4 Å². The van der Waals surface area contributed by atoms with Crippen LogP contribution in [0.3, 0.4) is 0 Å². The van der Waals surface area contributed by atoms with Crippen molar-refractivity contribution < 1.29 is 4.79 Å². The third kappa shape index (κ3) is 4.77. The van der Waals surface area contributed by atoms with Crippen LogP contribution in [0, 0.1) is 17.2 Å². The van der Waals surface area contributed by atoms with Crippen LogP contribution in [-0.2, 0) is 0 Å². The molecule has 2 fully saturated rings. The number of piperidine rings is 1. The van der Waals surface area contributed by atoms with Crippen LogP contribution < -0.4 is 15.1 Å². The highest BCUT2D eigenvalue weighted by molar-refractivity contribution is 6.33. The maximum Gasteiger partial charge on any atom is 0.271 e. The van der Waals surface area contributed by atoms with Crippen LogP contribution in [0.15, 0.2) is 55.1 Å². The Morgan fingerprint density at radius 2 is 1.95 bits per heavy atom. The lowest BCUT2D eigenvalue weighted by molar-refractivity contribution is 0.0886. The molecule has 39 heavy (non-hydrogen) atoms. The number of nitrogens with one attached hydrogen (secondary N) is 1. The first-order valence-electron chi connectivity index (χ1n) is 13.1. The number of hydrogen-bond donors (Lipinski definition) is 1. The predicted octanol–water partition coefficient (Wildman–Crippen LogP) is 4.56. The van der Waals surface area contributed by atoms with Gasteiger partial charge in [0.2, 0.25) is 0 Å². The Hall–Kier alpha value is -4.16. The van der Waals surface area contributed by atoms with Crippen LogP contribution in [0.1, 0.15) is 42.7 Å². The van der Waals surface area contributed by atoms with E-state index in [2.05, 4.69) is 57.2 Å². The van der Waals surface area contributed by atoms with Gasteiger partial charge < -0.3 is 15.1 Å². The van der Waals surface area contributed by atoms with Gasteiger partial charge in [-0.15, -0.1) is 0 Å². The topological polar surface area (TPSA) is 102 Å². The number of halogens is 1. The Bertz CT molecular complexity index is 1580. The second-order valence-electron chi connectivity index (χ2n) is 10.8. The van der Waals surface area contributed by atoms with Gasteiger partial charge in [-0.3, -0.25) is 4.79 Å². The largest absolute Gasteiger partial charge is 0.370 e. The Morgan fingerprint density at radius 3 is 2.62 bits per heavy atom. The molecule has 2 aliphatic heterocycles. The first-order valence-corrected chi connectivity index (χ1v) is 13.5. The summed E-state index contributed by atoms with van der Waals surface area (Å²) in [5.74, 6) is 1.31. The summed E-state index contributed by atoms with van der Waals surface area (Å²) in [5.41, 5.74) is 4.21. The average Bonchev–Trinajstić information content (AvgIpc) is 3.34. The molecular formula is C29H29ClN8O. The zero-order chi connectivity index (χ0) is 27.1. The first kappa shape index (κ1) is 25.1. The van der Waals surface area contributed by atoms with E-state index < -0.39 is 0 Å². The highest BCUT2D eigenvalue weighted by atomic mass is 35.5. The number of nitriles is 1. The van der Waals surface area contributed by atoms with E-state index in [1.807, 2.05) is 18.5 Å². The summed E-state index contributed by atoms with van der Waals surface area (Å²) in [5, 5.41) is 17.6. The van der Waals surface area contributed by atoms with Crippen molar-refractivity contribution in [1.82, 2.24) is 24.9 Å². The lowest BCUT2D eigenvalue weighted by Crippen LogP contribution is -2.53. The van der Waals surface area contributed by atoms with Crippen molar-refractivity contribution in [2.75, 3.05) is 36.0 Å². The molecule has 2 aliphatic rings. The molecule has 0 atom stereocenters. The van der Waals surface area contributed by atoms with Crippen molar-refractivity contribution in [1.29, 1.82) is 5.26 Å². The van der Waals surface area contributed by atoms with Crippen LogP contribution in [0.4, 0.5) is 11.5 Å². The Kier molecular flexibility index (Phi) is 6.35. The number of aromatic nitrogens is 4. The third-order valence-electron chi connectivity index (χ3n) is 7.79. The lowest BCUT2D eigenvalue weighted by Gasteiger charge is -2.40. The SMILES string of the molecule is CC1CN(c2cc(-c3ccc(N4CCC(C)(NC(=O)c5ncccc5Cl)CC4)nc3)c3c(C#N)cnn3c2)C1. The maximum atomic E-state index is 12.8. The van der Waals surface area contributed by atoms with Gasteiger partial charge in [-0.2, -0.15) is 10.4 Å². The molecule has 10 heteroatoms. The van der Waals surface area contributed by atoms with Crippen LogP contribution >= 0.6 is 11.6 Å². The highest BCUT2D eigenvalue weighted by Gasteiger charge is 2.33. The van der Waals surface area contributed by atoms with Gasteiger partial charge in [-0.05, 0) is 56.0 Å². The predicted molar refractivity (Wildman–Crippen MR) is 151 cm³/mol. The van der Waals surface area contributed by atoms with E-state index in [9.17, 15) is 10.1 Å². The van der Waals surface area contributed by atoms with Crippen LogP contribution in [0.2, 0.25) is 5.02 Å². The number of pyridine rings is 3. The van der Waals surface area contributed by atoms with Crippen LogP contribution in [-0.4, -0.2) is 57.2 Å². The molecule has 6 heterocycles. The molecule has 1 amide bonds. The number of fused-ring (bicyclic) bond motifs is 1. The van der Waals surface area contributed by atoms with Crippen LogP contribution in [0.25, 0.3) is 16.6 Å². The number of amides is 1. The first-order chi connectivity index (χ1) is 18.8. The van der Waals surface area contributed by atoms with Crippen LogP contribution in [0.5, 0.6) is 0 Å². The molecule has 0 spiro atoms. The Balaban J connectivity index is 1.19. The van der Waals surface area contributed by atoms with Crippen molar-refractivity contribution in [2.45, 2.75) is 32.2 Å². The minimum atomic E-state index is -0.357. The second-order valence-corrected chi connectivity index (χ2v) is 11.2. The molecule has 6 rings (SSSR count). The van der Waals surface area contributed by atoms with Crippen molar-refractivity contribution in [3.63, 3.8) is 0 Å². The number of carbonyl (C=O) groups excluding carboxylic acids is 1. The molecule has 0 unspecified atom stereocenters. The fraction of sp³-hybridized carbons (Fsp3) is 0.345. The Labute approximate surface area is 232 Å². The average molecular weight is 541 g/mol. The monoisotopic (exact) mass is 540 g/mol. The minimum absolute atomic E-state index is 0.250. The molecular weight excluding hydrogens is 512 g/mol. The molecule has 2 saturated heterocycles. The number of carbonyl (C=O) groups is 1. The van der Waals surface area contributed by atoms with E-state index in [1.54, 1.807) is 29.0 Å². The molecule has 0 radical (unpaired) electrons. The summed E-state index contributed by atoms with van der Waals surface area (Å²) >= 11 is 6.16. The molecule has 9 nitrogen and oxygen atoms in total. The molecule has 4 aromatic rings. The van der Waals surface area contributed by atoms with Crippen molar-refractivity contribution in [3.8, 4) is 17.2 Å². The van der Waals surface area contributed by atoms with E-state index in [0.29, 0.717) is 16.5 Å². The number of hydrogen-bond acceptors (Lipinski definition) is 7. The molecule has 0 bridgehead atoms. The van der Waals surface area contributed by atoms with E-state index in [-0.39, 0.29) is 17.1 Å². The van der Waals surface area contributed by atoms with E-state index >= 15 is 0 Å². The Morgan fingerprint density at radius 1 is 1.15 bits per heavy atom. The number of rotatable bonds is 5. The quantitative estimate of drug-likeness (QED) is 0.396. The third-order valence-corrected chi connectivity index (χ3v) is 8.09. The normalized spacial score (nSPS) is 17.1. The molecule has 0 saturated carbocycles. The van der Waals surface area contributed by atoms with Gasteiger partial charge in [0.1, 0.15) is 17.6 Å². The molecule has 0 aromatic carbocycles. The number of nitrogens with zero attached hydrogens (tertiary/aromatic N) is 7. The minimum Gasteiger partial charge on any atom is -0.370 e. The van der Waals surface area contributed by atoms with Gasteiger partial charge in [0.05, 0.1) is 34.2 Å². The van der Waals surface area contributed by atoms with Gasteiger partial charge in [0.15, 0.2) is 0 Å². The van der Waals surface area contributed by atoms with E-state index in [0.717, 1.165) is 67.2 Å². The fourth-order valence-electron chi connectivity index (χ4n) is 5.46. The van der Waals surface area contributed by atoms with Crippen molar-refractivity contribution in [2.24, 2.45) is 5.92 Å². The van der Waals surface area contributed by atoms with Crippen molar-refractivity contribution >= 4 is 34.5 Å². The molecule has 1 N–H and O–H groups in total. The van der Waals surface area contributed by atoms with Gasteiger partial charge in [-0.1, -0.05) is 18.5 Å². The number of anilines is 2. The standard InChI is InChI=1S/C29H29ClN8O/c1-19-16-37(17-19)22-12-23(27-21(13-31)15-34-38(27)18-22)20-5-6-25(33-14-20)36-10-7-29(2,8-11-36)35-28(39)26-24(30)4-3-9-32-26/h3-6,9,12,14-15,18-19H,7-8,10-11,16-17H2,1-2H3,(H,35,39). The fourth-order valence-corrected chi connectivity index (χ4v) is 5.67. The molecule has 4 aromatic heterocycles. The van der Waals surface area contributed by atoms with Gasteiger partial charge in [0, 0.05) is 55.2 Å². The summed E-state index contributed by atoms with van der Waals surface area (Å²) in [7, 11) is 0. The lowest BCUT2D eigenvalue weighted by atomic mass is 9.89. The zero-order valence-corrected chi connectivity index (χ0v) is 22.7.